The summed E-state index contributed by atoms with van der Waals surface area (Å²) in [7, 11) is 4.62. The summed E-state index contributed by atoms with van der Waals surface area (Å²) in [6.45, 7) is 5.94. The van der Waals surface area contributed by atoms with E-state index in [-0.39, 0.29) is 43.2 Å². The van der Waals surface area contributed by atoms with Crippen molar-refractivity contribution in [2.24, 2.45) is 10.9 Å². The zero-order valence-electron chi connectivity index (χ0n) is 23.9. The van der Waals surface area contributed by atoms with Gasteiger partial charge in [-0.2, -0.15) is 0 Å². The van der Waals surface area contributed by atoms with E-state index in [4.69, 9.17) is 28.7 Å². The Bertz CT molecular complexity index is 1330. The average Bonchev–Trinajstić information content (AvgIpc) is 2.93. The van der Waals surface area contributed by atoms with Crippen molar-refractivity contribution in [1.29, 1.82) is 0 Å². The smallest absolute Gasteiger partial charge is 0.315 e. The second-order valence-corrected chi connectivity index (χ2v) is 10.2. The van der Waals surface area contributed by atoms with Crippen LogP contribution < -0.4 is 14.2 Å². The molecular weight excluding hydrogens is 514 g/mol. The highest BCUT2D eigenvalue weighted by Gasteiger charge is 2.45. The Morgan fingerprint density at radius 1 is 0.950 bits per heavy atom. The van der Waals surface area contributed by atoms with Crippen molar-refractivity contribution in [3.05, 3.63) is 58.8 Å². The van der Waals surface area contributed by atoms with Crippen LogP contribution in [0.3, 0.4) is 0 Å². The number of phenolic OH excluding ortho intramolecular Hbond substituents is 1. The molecule has 9 heteroatoms. The molecule has 2 aromatic carbocycles. The molecule has 1 aliphatic carbocycles. The molecule has 2 aromatic rings. The third-order valence-corrected chi connectivity index (χ3v) is 7.36. The van der Waals surface area contributed by atoms with Crippen molar-refractivity contribution < 1.29 is 38.4 Å². The van der Waals surface area contributed by atoms with Gasteiger partial charge in [-0.25, -0.2) is 0 Å². The first kappa shape index (κ1) is 29.1. The van der Waals surface area contributed by atoms with Gasteiger partial charge in [-0.1, -0.05) is 12.1 Å². The summed E-state index contributed by atoms with van der Waals surface area (Å²) in [6, 6.07) is 10.6. The average molecular weight is 552 g/mol. The Hall–Kier alpha value is -3.85. The van der Waals surface area contributed by atoms with Gasteiger partial charge in [0.05, 0.1) is 34.0 Å². The normalized spacial score (nSPS) is 20.6. The first-order valence-corrected chi connectivity index (χ1v) is 13.4. The highest BCUT2D eigenvalue weighted by atomic mass is 16.6. The standard InChI is InChI=1S/C31H37NO8/c1-17(2)39-11-12-40-31(35)28-18(3)32-22-13-21(19-7-10-26(37-5)27(16-19)38-6)15-24(34)30(22)29(28)20-8-9-25(36-4)23(33)14-20/h7-10,14,16-17,21,28-29,33H,11-13,15H2,1-6H3. The van der Waals surface area contributed by atoms with E-state index >= 15 is 0 Å². The molecule has 4 rings (SSSR count). The first-order valence-electron chi connectivity index (χ1n) is 13.4. The molecule has 0 bridgehead atoms. The molecule has 3 atom stereocenters. The van der Waals surface area contributed by atoms with Gasteiger partial charge in [0.1, 0.15) is 12.5 Å². The number of carbonyl (C=O) groups excluding carboxylic acids is 2. The van der Waals surface area contributed by atoms with Crippen LogP contribution in [0, 0.1) is 5.92 Å². The molecule has 0 spiro atoms. The third kappa shape index (κ3) is 5.99. The number of benzene rings is 2. The number of hydrogen-bond acceptors (Lipinski definition) is 9. The van der Waals surface area contributed by atoms with Crippen LogP contribution >= 0.6 is 0 Å². The van der Waals surface area contributed by atoms with Crippen LogP contribution in [0.15, 0.2) is 52.7 Å². The summed E-state index contributed by atoms with van der Waals surface area (Å²) in [5.41, 5.74) is 3.22. The molecular formula is C31H37NO8. The number of Topliss-reactive ketones (excluding diaryl/α,β-unsaturated/α-hetero) is 1. The Morgan fingerprint density at radius 2 is 1.62 bits per heavy atom. The van der Waals surface area contributed by atoms with Gasteiger partial charge in [0, 0.05) is 29.3 Å². The maximum Gasteiger partial charge on any atom is 0.315 e. The molecule has 1 aliphatic heterocycles. The topological polar surface area (TPSA) is 113 Å². The van der Waals surface area contributed by atoms with Gasteiger partial charge in [-0.15, -0.1) is 0 Å². The van der Waals surface area contributed by atoms with Crippen LogP contribution in [0.1, 0.15) is 56.6 Å². The van der Waals surface area contributed by atoms with Gasteiger partial charge in [-0.3, -0.25) is 14.6 Å². The molecule has 0 saturated heterocycles. The van der Waals surface area contributed by atoms with Gasteiger partial charge in [-0.05, 0) is 68.5 Å². The minimum absolute atomic E-state index is 0.0119. The van der Waals surface area contributed by atoms with E-state index in [1.807, 2.05) is 32.0 Å². The molecule has 0 radical (unpaired) electrons. The zero-order valence-corrected chi connectivity index (χ0v) is 23.9. The number of esters is 1. The molecule has 3 unspecified atom stereocenters. The molecule has 40 heavy (non-hydrogen) atoms. The highest BCUT2D eigenvalue weighted by molar-refractivity contribution is 6.09. The SMILES string of the molecule is COc1ccc(C2C3=C(CC(c4ccc(OC)c(OC)c4)CC3=O)N=C(C)C2C(=O)OCCOC(C)C)cc1O. The molecule has 1 heterocycles. The zero-order chi connectivity index (χ0) is 29.0. The number of hydrogen-bond donors (Lipinski definition) is 1. The number of aliphatic imine (C=N–C) groups is 1. The summed E-state index contributed by atoms with van der Waals surface area (Å²) >= 11 is 0. The number of rotatable bonds is 10. The number of carbonyl (C=O) groups is 2. The van der Waals surface area contributed by atoms with E-state index in [9.17, 15) is 14.7 Å². The fourth-order valence-electron chi connectivity index (χ4n) is 5.48. The lowest BCUT2D eigenvalue weighted by Crippen LogP contribution is -2.38. The molecule has 2 aliphatic rings. The number of phenols is 1. The monoisotopic (exact) mass is 551 g/mol. The van der Waals surface area contributed by atoms with Crippen LogP contribution in [-0.2, 0) is 19.1 Å². The van der Waals surface area contributed by atoms with Crippen molar-refractivity contribution in [2.75, 3.05) is 34.5 Å². The lowest BCUT2D eigenvalue weighted by Gasteiger charge is -2.36. The van der Waals surface area contributed by atoms with Crippen molar-refractivity contribution in [1.82, 2.24) is 0 Å². The van der Waals surface area contributed by atoms with Crippen LogP contribution in [0.2, 0.25) is 0 Å². The van der Waals surface area contributed by atoms with Gasteiger partial charge < -0.3 is 28.8 Å². The highest BCUT2D eigenvalue weighted by Crippen LogP contribution is 2.48. The third-order valence-electron chi connectivity index (χ3n) is 7.36. The predicted molar refractivity (Wildman–Crippen MR) is 150 cm³/mol. The molecule has 0 aromatic heterocycles. The first-order chi connectivity index (χ1) is 19.2. The minimum atomic E-state index is -0.827. The lowest BCUT2D eigenvalue weighted by atomic mass is 9.69. The van der Waals surface area contributed by atoms with E-state index in [0.29, 0.717) is 46.2 Å². The van der Waals surface area contributed by atoms with E-state index in [1.54, 1.807) is 39.3 Å². The Balaban J connectivity index is 1.72. The van der Waals surface area contributed by atoms with Crippen LogP contribution in [0.4, 0.5) is 0 Å². The van der Waals surface area contributed by atoms with E-state index in [2.05, 4.69) is 0 Å². The van der Waals surface area contributed by atoms with Gasteiger partial charge in [0.2, 0.25) is 0 Å². The van der Waals surface area contributed by atoms with Crippen LogP contribution in [0.5, 0.6) is 23.0 Å². The maximum atomic E-state index is 13.8. The summed E-state index contributed by atoms with van der Waals surface area (Å²) in [6.07, 6.45) is 0.764. The minimum Gasteiger partial charge on any atom is -0.504 e. The number of ketones is 1. The molecule has 0 fully saturated rings. The molecule has 1 N–H and O–H groups in total. The van der Waals surface area contributed by atoms with Gasteiger partial charge in [0.15, 0.2) is 28.8 Å². The predicted octanol–water partition coefficient (Wildman–Crippen LogP) is 4.96. The van der Waals surface area contributed by atoms with E-state index < -0.39 is 17.8 Å². The molecule has 0 saturated carbocycles. The Labute approximate surface area is 234 Å². The second-order valence-electron chi connectivity index (χ2n) is 10.2. The van der Waals surface area contributed by atoms with Crippen molar-refractivity contribution in [2.45, 2.75) is 51.6 Å². The molecule has 9 nitrogen and oxygen atoms in total. The largest absolute Gasteiger partial charge is 0.504 e. The van der Waals surface area contributed by atoms with Crippen molar-refractivity contribution >= 4 is 17.5 Å². The maximum absolute atomic E-state index is 13.8. The van der Waals surface area contributed by atoms with Gasteiger partial charge >= 0.3 is 5.97 Å². The van der Waals surface area contributed by atoms with Crippen molar-refractivity contribution in [3.63, 3.8) is 0 Å². The Morgan fingerprint density at radius 3 is 2.27 bits per heavy atom. The summed E-state index contributed by atoms with van der Waals surface area (Å²) in [4.78, 5) is 32.1. The number of aromatic hydroxyl groups is 1. The Kier molecular flexibility index (Phi) is 9.14. The molecule has 214 valence electrons. The number of nitrogens with zero attached hydrogens (tertiary/aromatic N) is 1. The number of allylic oxidation sites excluding steroid dienone is 2. The van der Waals surface area contributed by atoms with Crippen molar-refractivity contribution in [3.8, 4) is 23.0 Å². The van der Waals surface area contributed by atoms with E-state index in [0.717, 1.165) is 5.56 Å². The summed E-state index contributed by atoms with van der Waals surface area (Å²) < 4.78 is 27.2. The fourth-order valence-corrected chi connectivity index (χ4v) is 5.48. The van der Waals surface area contributed by atoms with Gasteiger partial charge in [0.25, 0.3) is 0 Å². The lowest BCUT2D eigenvalue weighted by molar-refractivity contribution is -0.148. The molecule has 0 amide bonds. The van der Waals surface area contributed by atoms with E-state index in [1.165, 1.54) is 7.11 Å². The van der Waals surface area contributed by atoms with Crippen LogP contribution in [0.25, 0.3) is 0 Å². The summed E-state index contributed by atoms with van der Waals surface area (Å²) in [5.74, 6) is -0.781. The van der Waals surface area contributed by atoms with Crippen LogP contribution in [-0.4, -0.2) is 63.2 Å². The summed E-state index contributed by atoms with van der Waals surface area (Å²) in [5, 5.41) is 10.6. The number of methoxy groups -OCH3 is 3. The fraction of sp³-hybridized carbons (Fsp3) is 0.452. The quantitative estimate of drug-likeness (QED) is 0.326. The number of ether oxygens (including phenoxy) is 5. The second kappa shape index (κ2) is 12.6.